The Kier molecular flexibility index (Phi) is 26.3. The van der Waals surface area contributed by atoms with E-state index in [0.717, 1.165) is 0 Å². The maximum atomic E-state index is 4.81. The van der Waals surface area contributed by atoms with Crippen LogP contribution in [0.25, 0.3) is 0 Å². The first kappa shape index (κ1) is 63.4. The quantitative estimate of drug-likeness (QED) is 0.0650. The summed E-state index contributed by atoms with van der Waals surface area (Å²) in [7, 11) is 14.5. The zero-order valence-electron chi connectivity index (χ0n) is 43.9. The molecule has 11 heteroatoms. The van der Waals surface area contributed by atoms with Crippen molar-refractivity contribution in [3.05, 3.63) is 278 Å². The third-order valence-corrected chi connectivity index (χ3v) is 24.7. The molecule has 0 nitrogen and oxygen atoms in total. The second-order valence-electron chi connectivity index (χ2n) is 20.2. The molecule has 10 rings (SSSR count). The van der Waals surface area contributed by atoms with Gasteiger partial charge in [-0.25, -0.2) is 0 Å². The van der Waals surface area contributed by atoms with E-state index in [2.05, 4.69) is 308 Å². The second kappa shape index (κ2) is 32.0. The standard InChI is InChI=1S/2C33H32P2.4ClH.Fe.2Pd/c2*1-33(2,3)26-24-31(34(27-16-8-4-9-17-27)28-18-10-5-11-19-28)32(25-26)35(29-20-12-6-13-21-29)30-22-14-7-15-23-30;;;;;;;/h2*4-25,34H,1-3H3;4*1H;;;/q;;;;;;;2*+2/p-2. The smallest absolute Gasteiger partial charge is 0 e. The molecule has 0 bridgehead atoms. The minimum atomic E-state index is -1.18. The summed E-state index contributed by atoms with van der Waals surface area (Å²) in [6.45, 7) is 14.0. The number of hydrogen-bond donors (Lipinski definition) is 0. The van der Waals surface area contributed by atoms with E-state index >= 15 is 0 Å². The molecule has 0 amide bonds. The molecule has 0 aromatic heterocycles. The van der Waals surface area contributed by atoms with Gasteiger partial charge in [-0.1, -0.05) is 198 Å². The van der Waals surface area contributed by atoms with Gasteiger partial charge in [0.05, 0.1) is 74.1 Å². The molecule has 10 aromatic carbocycles. The van der Waals surface area contributed by atoms with Gasteiger partial charge in [0, 0.05) is 38.3 Å². The Balaban J connectivity index is 0.000000224. The predicted molar refractivity (Wildman–Crippen MR) is 345 cm³/mol. The number of halogens is 4. The van der Waals surface area contributed by atoms with Crippen LogP contribution in [0.2, 0.25) is 0 Å². The van der Waals surface area contributed by atoms with Crippen LogP contribution in [0, 0.1) is 0 Å². The summed E-state index contributed by atoms with van der Waals surface area (Å²) < 4.78 is 0. The molecule has 0 radical (unpaired) electrons. The van der Waals surface area contributed by atoms with Crippen molar-refractivity contribution in [1.29, 1.82) is 0 Å². The van der Waals surface area contributed by atoms with Gasteiger partial charge in [-0.3, -0.25) is 0 Å². The fourth-order valence-electron chi connectivity index (χ4n) is 9.46. The molecule has 0 saturated carbocycles. The van der Waals surface area contributed by atoms with Crippen LogP contribution in [0.4, 0.5) is 0 Å². The number of rotatable bonds is 12. The molecule has 0 fully saturated rings. The van der Waals surface area contributed by atoms with Gasteiger partial charge in [0.1, 0.15) is 0 Å². The zero-order chi connectivity index (χ0) is 53.9. The van der Waals surface area contributed by atoms with E-state index in [1.807, 2.05) is 0 Å². The van der Waals surface area contributed by atoms with E-state index in [4.69, 9.17) is 38.1 Å². The van der Waals surface area contributed by atoms with Crippen LogP contribution < -0.4 is 63.7 Å². The van der Waals surface area contributed by atoms with Crippen LogP contribution in [0.3, 0.4) is 0 Å². The van der Waals surface area contributed by atoms with Gasteiger partial charge >= 0.3 is 70.0 Å². The van der Waals surface area contributed by atoms with Gasteiger partial charge in [-0.05, 0) is 97.1 Å². The largest absolute Gasteiger partial charge is 0 e. The van der Waals surface area contributed by atoms with Crippen LogP contribution >= 0.6 is 69.8 Å². The number of benzene rings is 8. The molecular formula is C66H66Cl4FeP4Pd2+2. The molecule has 77 heavy (non-hydrogen) atoms. The Hall–Kier alpha value is -2.82. The minimum absolute atomic E-state index is 0. The summed E-state index contributed by atoms with van der Waals surface area (Å²) in [4.78, 5) is 0. The van der Waals surface area contributed by atoms with Gasteiger partial charge in [0.25, 0.3) is 0 Å². The van der Waals surface area contributed by atoms with Crippen molar-refractivity contribution in [3.8, 4) is 0 Å². The first-order chi connectivity index (χ1) is 36.9. The third-order valence-electron chi connectivity index (χ3n) is 13.1. The molecule has 10 aromatic rings. The molecular weight excluding hydrogens is 1330 g/mol. The third kappa shape index (κ3) is 17.6. The summed E-state index contributed by atoms with van der Waals surface area (Å²) in [5.41, 5.74) is 3.05. The average molecular weight is 1390 g/mol. The minimum Gasteiger partial charge on any atom is 0 e. The Bertz CT molecular complexity index is 2640. The maximum absolute atomic E-state index is 4.81. The summed E-state index contributed by atoms with van der Waals surface area (Å²) in [5, 5.41) is 17.7. The Morgan fingerprint density at radius 3 is 0.636 bits per heavy atom. The van der Waals surface area contributed by atoms with E-state index < -0.39 is 31.7 Å². The number of hydrogen-bond acceptors (Lipinski definition) is 0. The molecule has 0 unspecified atom stereocenters. The van der Waals surface area contributed by atoms with Gasteiger partial charge in [-0.2, -0.15) is 23.3 Å². The van der Waals surface area contributed by atoms with Gasteiger partial charge in [0.2, 0.25) is 0 Å². The predicted octanol–water partition coefficient (Wildman–Crippen LogP) is 14.1. The van der Waals surface area contributed by atoms with E-state index in [-0.39, 0.29) is 59.8 Å². The molecule has 0 spiro atoms. The Labute approximate surface area is 507 Å². The molecule has 0 aliphatic rings. The fraction of sp³-hybridized carbons (Fsp3) is 0.121. The molecule has 404 valence electrons. The fourth-order valence-corrected chi connectivity index (χ4v) is 21.6. The molecule has 0 aliphatic heterocycles. The molecule has 0 N–H and O–H groups in total. The van der Waals surface area contributed by atoms with Crippen molar-refractivity contribution in [2.75, 3.05) is 0 Å². The second-order valence-corrected chi connectivity index (χ2v) is 34.7. The summed E-state index contributed by atoms with van der Waals surface area (Å²) in [6, 6.07) is 99.5. The molecule has 0 atom stereocenters. The van der Waals surface area contributed by atoms with Crippen LogP contribution in [0.1, 0.15) is 52.7 Å². The Morgan fingerprint density at radius 1 is 0.299 bits per heavy atom. The van der Waals surface area contributed by atoms with Crippen molar-refractivity contribution in [2.24, 2.45) is 0 Å². The SMILES string of the molecule is CC(C)(C)c1cc([PH+](c2ccccc2)c2ccccc2)[c-]([PH+](c2ccccc2)c2ccccc2)c1.CC(C)(C)c1cc([PH+](c2ccccc2)c2ccccc2)[c-]([PH+](c2ccccc2)c2ccccc2)c1.[Cl][Pd][Cl].[Cl][Pd][Cl].[Fe]. The van der Waals surface area contributed by atoms with E-state index in [1.54, 1.807) is 21.2 Å². The van der Waals surface area contributed by atoms with Gasteiger partial charge < -0.3 is 0 Å². The zero-order valence-corrected chi connectivity index (χ0v) is 55.1. The van der Waals surface area contributed by atoms with Gasteiger partial charge in [0.15, 0.2) is 0 Å². The van der Waals surface area contributed by atoms with Crippen molar-refractivity contribution < 1.29 is 48.9 Å². The molecule has 0 heterocycles. The normalized spacial score (nSPS) is 11.3. The first-order valence-electron chi connectivity index (χ1n) is 25.1. The Morgan fingerprint density at radius 2 is 0.468 bits per heavy atom. The molecule has 0 aliphatic carbocycles. The van der Waals surface area contributed by atoms with Crippen LogP contribution in [-0.4, -0.2) is 0 Å². The average Bonchev–Trinajstić information content (AvgIpc) is 4.13. The van der Waals surface area contributed by atoms with Gasteiger partial charge in [-0.15, -0.1) is 12.1 Å². The van der Waals surface area contributed by atoms with Crippen molar-refractivity contribution in [2.45, 2.75) is 52.4 Å². The van der Waals surface area contributed by atoms with E-state index in [0.29, 0.717) is 0 Å². The van der Waals surface area contributed by atoms with Crippen LogP contribution in [0.15, 0.2) is 267 Å². The van der Waals surface area contributed by atoms with Crippen molar-refractivity contribution >= 4 is 133 Å². The molecule has 0 saturated heterocycles. The summed E-state index contributed by atoms with van der Waals surface area (Å²) in [6.07, 6.45) is 0. The van der Waals surface area contributed by atoms with E-state index in [9.17, 15) is 0 Å². The van der Waals surface area contributed by atoms with Crippen molar-refractivity contribution in [1.82, 2.24) is 0 Å². The topological polar surface area (TPSA) is 0 Å². The first-order valence-corrected chi connectivity index (χ1v) is 39.1. The van der Waals surface area contributed by atoms with Crippen LogP contribution in [0.5, 0.6) is 0 Å². The van der Waals surface area contributed by atoms with E-state index in [1.165, 1.54) is 53.6 Å². The monoisotopic (exact) mass is 1390 g/mol. The maximum Gasteiger partial charge on any atom is 0 e. The summed E-state index contributed by atoms with van der Waals surface area (Å²) >= 11 is -0.211. The van der Waals surface area contributed by atoms with Crippen molar-refractivity contribution in [3.63, 3.8) is 0 Å². The summed E-state index contributed by atoms with van der Waals surface area (Å²) in [5.74, 6) is 0. The van der Waals surface area contributed by atoms with Crippen LogP contribution in [-0.2, 0) is 59.8 Å².